The smallest absolute Gasteiger partial charge is 0.242 e. The Kier molecular flexibility index (Phi) is 4.72. The Balaban J connectivity index is 2.77. The van der Waals surface area contributed by atoms with Crippen LogP contribution in [0.15, 0.2) is 24.3 Å². The van der Waals surface area contributed by atoms with Gasteiger partial charge in [0.15, 0.2) is 9.84 Å². The van der Waals surface area contributed by atoms with Gasteiger partial charge >= 0.3 is 0 Å². The molecule has 1 amide bonds. The minimum Gasteiger partial charge on any atom is -0.399 e. The fourth-order valence-corrected chi connectivity index (χ4v) is 2.79. The summed E-state index contributed by atoms with van der Waals surface area (Å²) < 4.78 is 23.5. The van der Waals surface area contributed by atoms with E-state index < -0.39 is 21.0 Å². The predicted octanol–water partition coefficient (Wildman–Crippen LogP) is 1.42. The van der Waals surface area contributed by atoms with Crippen molar-refractivity contribution < 1.29 is 13.2 Å². The van der Waals surface area contributed by atoms with Crippen LogP contribution in [0.2, 0.25) is 0 Å². The molecule has 0 spiro atoms. The highest BCUT2D eigenvalue weighted by atomic mass is 32.2. The third-order valence-electron chi connectivity index (χ3n) is 2.55. The zero-order chi connectivity index (χ0) is 13.8. The molecular weight excluding hydrogens is 252 g/mol. The Labute approximate surface area is 107 Å². The first kappa shape index (κ1) is 14.5. The average molecular weight is 270 g/mol. The molecule has 0 aliphatic rings. The van der Waals surface area contributed by atoms with Crippen LogP contribution in [-0.4, -0.2) is 25.3 Å². The first-order valence-corrected chi connectivity index (χ1v) is 7.46. The minimum atomic E-state index is -3.38. The molecule has 1 aromatic carbocycles. The van der Waals surface area contributed by atoms with Gasteiger partial charge in [-0.15, -0.1) is 0 Å². The molecule has 0 heterocycles. The van der Waals surface area contributed by atoms with Crippen molar-refractivity contribution in [1.29, 1.82) is 0 Å². The number of nitrogens with two attached hydrogens (primary N) is 1. The lowest BCUT2D eigenvalue weighted by molar-refractivity contribution is -0.115. The normalized spacial score (nSPS) is 13.0. The molecule has 0 aliphatic carbocycles. The highest BCUT2D eigenvalue weighted by Crippen LogP contribution is 2.13. The maximum atomic E-state index is 11.8. The number of benzene rings is 1. The topological polar surface area (TPSA) is 89.3 Å². The molecule has 6 heteroatoms. The van der Waals surface area contributed by atoms with Crippen LogP contribution in [0.3, 0.4) is 0 Å². The first-order valence-electron chi connectivity index (χ1n) is 5.75. The van der Waals surface area contributed by atoms with Gasteiger partial charge in [-0.05, 0) is 31.5 Å². The third-order valence-corrected chi connectivity index (χ3v) is 4.82. The van der Waals surface area contributed by atoms with Crippen molar-refractivity contribution in [1.82, 2.24) is 0 Å². The number of sulfone groups is 1. The predicted molar refractivity (Wildman–Crippen MR) is 73.0 cm³/mol. The van der Waals surface area contributed by atoms with E-state index in [1.807, 2.05) is 0 Å². The van der Waals surface area contributed by atoms with E-state index in [1.54, 1.807) is 31.2 Å². The summed E-state index contributed by atoms with van der Waals surface area (Å²) in [6.45, 7) is 3.16. The van der Waals surface area contributed by atoms with Gasteiger partial charge in [-0.25, -0.2) is 8.42 Å². The Bertz CT molecular complexity index is 526. The number of carbonyl (C=O) groups is 1. The molecule has 1 aromatic rings. The third kappa shape index (κ3) is 3.73. The fourth-order valence-electron chi connectivity index (χ4n) is 1.48. The van der Waals surface area contributed by atoms with Gasteiger partial charge in [-0.3, -0.25) is 4.79 Å². The second-order valence-electron chi connectivity index (χ2n) is 4.12. The van der Waals surface area contributed by atoms with Crippen LogP contribution in [-0.2, 0) is 14.6 Å². The summed E-state index contributed by atoms with van der Waals surface area (Å²) in [6, 6.07) is 6.62. The van der Waals surface area contributed by atoms with E-state index in [4.69, 9.17) is 5.73 Å². The van der Waals surface area contributed by atoms with Crippen molar-refractivity contribution in [3.05, 3.63) is 24.3 Å². The summed E-state index contributed by atoms with van der Waals surface area (Å²) in [5, 5.41) is 1.49. The number of nitrogens with one attached hydrogen (secondary N) is 1. The van der Waals surface area contributed by atoms with E-state index in [-0.39, 0.29) is 5.75 Å². The van der Waals surface area contributed by atoms with E-state index in [1.165, 1.54) is 6.92 Å². The zero-order valence-electron chi connectivity index (χ0n) is 10.5. The van der Waals surface area contributed by atoms with Gasteiger partial charge in [0.25, 0.3) is 0 Å². The van der Waals surface area contributed by atoms with Gasteiger partial charge < -0.3 is 11.1 Å². The second-order valence-corrected chi connectivity index (χ2v) is 6.57. The van der Waals surface area contributed by atoms with E-state index in [0.717, 1.165) is 0 Å². The second kappa shape index (κ2) is 5.86. The molecule has 100 valence electrons. The quantitative estimate of drug-likeness (QED) is 0.792. The van der Waals surface area contributed by atoms with E-state index in [9.17, 15) is 13.2 Å². The van der Waals surface area contributed by atoms with E-state index in [2.05, 4.69) is 5.32 Å². The number of carbonyl (C=O) groups excluding carboxylic acids is 1. The largest absolute Gasteiger partial charge is 0.399 e. The van der Waals surface area contributed by atoms with Crippen LogP contribution in [0.5, 0.6) is 0 Å². The van der Waals surface area contributed by atoms with Gasteiger partial charge in [-0.2, -0.15) is 0 Å². The molecule has 0 fully saturated rings. The fraction of sp³-hybridized carbons (Fsp3) is 0.417. The van der Waals surface area contributed by atoms with Crippen LogP contribution in [0.25, 0.3) is 0 Å². The van der Waals surface area contributed by atoms with Crippen molar-refractivity contribution in [2.24, 2.45) is 0 Å². The Morgan fingerprint density at radius 1 is 1.44 bits per heavy atom. The van der Waals surface area contributed by atoms with Crippen LogP contribution in [0.1, 0.15) is 20.3 Å². The molecule has 1 unspecified atom stereocenters. The van der Waals surface area contributed by atoms with Crippen molar-refractivity contribution in [3.8, 4) is 0 Å². The molecule has 5 nitrogen and oxygen atoms in total. The molecule has 0 saturated heterocycles. The zero-order valence-corrected chi connectivity index (χ0v) is 11.3. The van der Waals surface area contributed by atoms with Crippen LogP contribution in [0, 0.1) is 0 Å². The van der Waals surface area contributed by atoms with Gasteiger partial charge in [0.05, 0.1) is 5.75 Å². The molecule has 1 atom stereocenters. The van der Waals surface area contributed by atoms with Crippen molar-refractivity contribution in [2.45, 2.75) is 25.5 Å². The maximum Gasteiger partial charge on any atom is 0.242 e. The standard InChI is InChI=1S/C12H18N2O3S/c1-3-7-18(16,17)9(2)12(15)14-11-6-4-5-10(13)8-11/h4-6,8-9H,3,7,13H2,1-2H3,(H,14,15). The van der Waals surface area contributed by atoms with Crippen molar-refractivity contribution in [3.63, 3.8) is 0 Å². The summed E-state index contributed by atoms with van der Waals surface area (Å²) in [4.78, 5) is 11.8. The number of amides is 1. The molecule has 0 bridgehead atoms. The van der Waals surface area contributed by atoms with Gasteiger partial charge in [-0.1, -0.05) is 13.0 Å². The Hall–Kier alpha value is -1.56. The number of nitrogen functional groups attached to an aromatic ring is 1. The molecule has 18 heavy (non-hydrogen) atoms. The van der Waals surface area contributed by atoms with Crippen molar-refractivity contribution in [2.75, 3.05) is 16.8 Å². The summed E-state index contributed by atoms with van der Waals surface area (Å²) >= 11 is 0. The van der Waals surface area contributed by atoms with Gasteiger partial charge in [0.2, 0.25) is 5.91 Å². The number of hydrogen-bond acceptors (Lipinski definition) is 4. The van der Waals surface area contributed by atoms with Crippen LogP contribution < -0.4 is 11.1 Å². The summed E-state index contributed by atoms with van der Waals surface area (Å²) in [6.07, 6.45) is 0.498. The number of rotatable bonds is 5. The maximum absolute atomic E-state index is 11.8. The highest BCUT2D eigenvalue weighted by Gasteiger charge is 2.26. The van der Waals surface area contributed by atoms with E-state index >= 15 is 0 Å². The molecular formula is C12H18N2O3S. The van der Waals surface area contributed by atoms with Crippen LogP contribution in [0.4, 0.5) is 11.4 Å². The molecule has 3 N–H and O–H groups in total. The lowest BCUT2D eigenvalue weighted by atomic mass is 10.3. The average Bonchev–Trinajstić information content (AvgIpc) is 2.27. The lowest BCUT2D eigenvalue weighted by Gasteiger charge is -2.12. The monoisotopic (exact) mass is 270 g/mol. The van der Waals surface area contributed by atoms with Gasteiger partial charge in [0, 0.05) is 11.4 Å². The molecule has 0 aliphatic heterocycles. The lowest BCUT2D eigenvalue weighted by Crippen LogP contribution is -2.34. The molecule has 0 saturated carbocycles. The van der Waals surface area contributed by atoms with Crippen LogP contribution >= 0.6 is 0 Å². The molecule has 0 radical (unpaired) electrons. The molecule has 0 aromatic heterocycles. The summed E-state index contributed by atoms with van der Waals surface area (Å²) in [5.74, 6) is -0.521. The first-order chi connectivity index (χ1) is 8.36. The van der Waals surface area contributed by atoms with Gasteiger partial charge in [0.1, 0.15) is 5.25 Å². The number of anilines is 2. The SMILES string of the molecule is CCCS(=O)(=O)C(C)C(=O)Nc1cccc(N)c1. The summed E-state index contributed by atoms with van der Waals surface area (Å²) in [5.41, 5.74) is 6.58. The highest BCUT2D eigenvalue weighted by molar-refractivity contribution is 7.92. The van der Waals surface area contributed by atoms with Crippen molar-refractivity contribution >= 4 is 27.1 Å². The Morgan fingerprint density at radius 2 is 2.11 bits per heavy atom. The van der Waals surface area contributed by atoms with E-state index in [0.29, 0.717) is 17.8 Å². The summed E-state index contributed by atoms with van der Waals surface area (Å²) in [7, 11) is -3.38. The Morgan fingerprint density at radius 3 is 2.67 bits per heavy atom. The minimum absolute atomic E-state index is 0.0124. The molecule has 1 rings (SSSR count). The number of hydrogen-bond donors (Lipinski definition) is 2.